The molecule has 0 fully saturated rings. The van der Waals surface area contributed by atoms with Crippen LogP contribution in [0.1, 0.15) is 36.1 Å². The highest BCUT2D eigenvalue weighted by atomic mass is 16.5. The van der Waals surface area contributed by atoms with Crippen LogP contribution in [0.4, 0.5) is 5.69 Å². The van der Waals surface area contributed by atoms with Crippen LogP contribution in [0.25, 0.3) is 17.1 Å². The van der Waals surface area contributed by atoms with Gasteiger partial charge in [-0.25, -0.2) is 0 Å². The summed E-state index contributed by atoms with van der Waals surface area (Å²) in [7, 11) is 0. The lowest BCUT2D eigenvalue weighted by Gasteiger charge is -2.08. The first-order valence-electron chi connectivity index (χ1n) is 9.57. The summed E-state index contributed by atoms with van der Waals surface area (Å²) in [5, 5.41) is 15.2. The summed E-state index contributed by atoms with van der Waals surface area (Å²) in [4.78, 5) is 17.0. The van der Waals surface area contributed by atoms with Crippen LogP contribution in [-0.2, 0) is 17.6 Å². The summed E-state index contributed by atoms with van der Waals surface area (Å²) in [6, 6.07) is 9.58. The zero-order valence-corrected chi connectivity index (χ0v) is 16.6. The number of aromatic nitrogens is 5. The predicted octanol–water partition coefficient (Wildman–Crippen LogP) is 3.53. The molecule has 29 heavy (non-hydrogen) atoms. The van der Waals surface area contributed by atoms with Gasteiger partial charge in [-0.15, -0.1) is 10.2 Å². The normalized spacial score (nSPS) is 11.1. The molecule has 0 saturated heterocycles. The van der Waals surface area contributed by atoms with Crippen LogP contribution >= 0.6 is 0 Å². The van der Waals surface area contributed by atoms with Crippen LogP contribution in [0.5, 0.6) is 0 Å². The molecule has 4 rings (SSSR count). The van der Waals surface area contributed by atoms with Gasteiger partial charge in [0.2, 0.25) is 5.91 Å². The van der Waals surface area contributed by atoms with E-state index < -0.39 is 0 Å². The van der Waals surface area contributed by atoms with E-state index >= 15 is 0 Å². The minimum atomic E-state index is -0.153. The average Bonchev–Trinajstić information content (AvgIpc) is 3.31. The maximum Gasteiger partial charge on any atom is 0.259 e. The summed E-state index contributed by atoms with van der Waals surface area (Å²) in [5.41, 5.74) is 4.37. The highest BCUT2D eigenvalue weighted by Gasteiger charge is 2.15. The molecule has 3 heterocycles. The summed E-state index contributed by atoms with van der Waals surface area (Å²) >= 11 is 0. The standard InChI is InChI=1S/C21H22N6O2/c1-4-5-17-23-21(29-26-17)15-7-9-18-24-25-19(27(18)12-15)11-20(28)22-16-8-6-13(2)10-14(16)3/h6-10,12H,4-5,11H2,1-3H3,(H,22,28). The van der Waals surface area contributed by atoms with E-state index in [-0.39, 0.29) is 12.3 Å². The number of carbonyl (C=O) groups excluding carboxylic acids is 1. The van der Waals surface area contributed by atoms with Crippen molar-refractivity contribution in [3.8, 4) is 11.5 Å². The van der Waals surface area contributed by atoms with E-state index in [2.05, 4.69) is 32.6 Å². The van der Waals surface area contributed by atoms with Crippen molar-refractivity contribution in [2.45, 2.75) is 40.0 Å². The first kappa shape index (κ1) is 18.8. The molecule has 0 atom stereocenters. The Kier molecular flexibility index (Phi) is 5.07. The lowest BCUT2D eigenvalue weighted by molar-refractivity contribution is -0.115. The number of amides is 1. The van der Waals surface area contributed by atoms with Gasteiger partial charge in [0, 0.05) is 18.3 Å². The number of nitrogens with one attached hydrogen (secondary N) is 1. The second-order valence-electron chi connectivity index (χ2n) is 7.07. The minimum Gasteiger partial charge on any atom is -0.334 e. The van der Waals surface area contributed by atoms with Crippen LogP contribution in [0.2, 0.25) is 0 Å². The lowest BCUT2D eigenvalue weighted by atomic mass is 10.1. The highest BCUT2D eigenvalue weighted by Crippen LogP contribution is 2.20. The molecule has 0 radical (unpaired) electrons. The average molecular weight is 390 g/mol. The van der Waals surface area contributed by atoms with E-state index in [4.69, 9.17) is 4.52 Å². The minimum absolute atomic E-state index is 0.100. The lowest BCUT2D eigenvalue weighted by Crippen LogP contribution is -2.17. The number of hydrogen-bond acceptors (Lipinski definition) is 6. The van der Waals surface area contributed by atoms with Gasteiger partial charge in [-0.1, -0.05) is 29.8 Å². The van der Waals surface area contributed by atoms with Crippen molar-refractivity contribution in [2.24, 2.45) is 0 Å². The molecule has 3 aromatic heterocycles. The molecule has 8 heteroatoms. The molecule has 0 aliphatic rings. The second kappa shape index (κ2) is 7.83. The molecule has 0 spiro atoms. The molecule has 0 aliphatic carbocycles. The zero-order chi connectivity index (χ0) is 20.4. The van der Waals surface area contributed by atoms with E-state index in [0.717, 1.165) is 35.2 Å². The van der Waals surface area contributed by atoms with Crippen molar-refractivity contribution in [3.63, 3.8) is 0 Å². The molecular weight excluding hydrogens is 368 g/mol. The molecule has 0 bridgehead atoms. The third kappa shape index (κ3) is 4.01. The van der Waals surface area contributed by atoms with E-state index in [1.807, 2.05) is 50.4 Å². The number of fused-ring (bicyclic) bond motifs is 1. The molecule has 1 N–H and O–H groups in total. The summed E-state index contributed by atoms with van der Waals surface area (Å²) < 4.78 is 7.14. The Morgan fingerprint density at radius 1 is 1.17 bits per heavy atom. The van der Waals surface area contributed by atoms with Gasteiger partial charge in [0.15, 0.2) is 11.5 Å². The fraction of sp³-hybridized carbons (Fsp3) is 0.286. The smallest absolute Gasteiger partial charge is 0.259 e. The number of carbonyl (C=O) groups is 1. The third-order valence-electron chi connectivity index (χ3n) is 4.64. The fourth-order valence-electron chi connectivity index (χ4n) is 3.17. The number of hydrogen-bond donors (Lipinski definition) is 1. The number of benzene rings is 1. The Morgan fingerprint density at radius 3 is 2.83 bits per heavy atom. The Morgan fingerprint density at radius 2 is 2.03 bits per heavy atom. The molecule has 0 unspecified atom stereocenters. The number of rotatable bonds is 6. The van der Waals surface area contributed by atoms with Crippen molar-refractivity contribution >= 4 is 17.2 Å². The van der Waals surface area contributed by atoms with E-state index in [1.54, 1.807) is 4.40 Å². The quantitative estimate of drug-likeness (QED) is 0.541. The number of pyridine rings is 1. The summed E-state index contributed by atoms with van der Waals surface area (Å²) in [6.07, 6.45) is 3.63. The Hall–Kier alpha value is -3.55. The largest absolute Gasteiger partial charge is 0.334 e. The van der Waals surface area contributed by atoms with Gasteiger partial charge >= 0.3 is 0 Å². The van der Waals surface area contributed by atoms with Gasteiger partial charge in [0.1, 0.15) is 5.82 Å². The molecule has 1 amide bonds. The van der Waals surface area contributed by atoms with Crippen LogP contribution in [-0.4, -0.2) is 30.6 Å². The molecule has 1 aromatic carbocycles. The van der Waals surface area contributed by atoms with Crippen LogP contribution in [0.15, 0.2) is 41.1 Å². The number of anilines is 1. The van der Waals surface area contributed by atoms with Crippen molar-refractivity contribution < 1.29 is 9.32 Å². The molecule has 4 aromatic rings. The van der Waals surface area contributed by atoms with E-state index in [1.165, 1.54) is 0 Å². The maximum atomic E-state index is 12.6. The molecular formula is C21H22N6O2. The van der Waals surface area contributed by atoms with Gasteiger partial charge < -0.3 is 9.84 Å². The number of aryl methyl sites for hydroxylation is 3. The Labute approximate surface area is 168 Å². The van der Waals surface area contributed by atoms with Gasteiger partial charge in [0.05, 0.1) is 12.0 Å². The predicted molar refractivity (Wildman–Crippen MR) is 109 cm³/mol. The first-order chi connectivity index (χ1) is 14.0. The topological polar surface area (TPSA) is 98.2 Å². The van der Waals surface area contributed by atoms with Crippen molar-refractivity contribution in [2.75, 3.05) is 5.32 Å². The van der Waals surface area contributed by atoms with Crippen LogP contribution < -0.4 is 5.32 Å². The van der Waals surface area contributed by atoms with Crippen LogP contribution in [0, 0.1) is 13.8 Å². The van der Waals surface area contributed by atoms with Gasteiger partial charge in [-0.05, 0) is 44.0 Å². The monoisotopic (exact) mass is 390 g/mol. The zero-order valence-electron chi connectivity index (χ0n) is 16.6. The molecule has 0 aliphatic heterocycles. The van der Waals surface area contributed by atoms with Gasteiger partial charge in [-0.3, -0.25) is 9.20 Å². The molecule has 148 valence electrons. The van der Waals surface area contributed by atoms with Crippen molar-refractivity contribution in [1.82, 2.24) is 24.7 Å². The summed E-state index contributed by atoms with van der Waals surface area (Å²) in [6.45, 7) is 6.06. The van der Waals surface area contributed by atoms with Crippen LogP contribution in [0.3, 0.4) is 0 Å². The molecule has 8 nitrogen and oxygen atoms in total. The first-order valence-corrected chi connectivity index (χ1v) is 9.57. The Bertz CT molecular complexity index is 1180. The fourth-order valence-corrected chi connectivity index (χ4v) is 3.17. The van der Waals surface area contributed by atoms with Crippen molar-refractivity contribution in [1.29, 1.82) is 0 Å². The van der Waals surface area contributed by atoms with E-state index in [9.17, 15) is 4.79 Å². The van der Waals surface area contributed by atoms with Gasteiger partial charge in [-0.2, -0.15) is 4.98 Å². The highest BCUT2D eigenvalue weighted by molar-refractivity contribution is 5.92. The second-order valence-corrected chi connectivity index (χ2v) is 7.07. The molecule has 0 saturated carbocycles. The SMILES string of the molecule is CCCc1noc(-c2ccc3nnc(CC(=O)Nc4ccc(C)cc4C)n3c2)n1. The number of nitrogens with zero attached hydrogens (tertiary/aromatic N) is 5. The third-order valence-corrected chi connectivity index (χ3v) is 4.64. The Balaban J connectivity index is 1.56. The maximum absolute atomic E-state index is 12.6. The van der Waals surface area contributed by atoms with E-state index in [0.29, 0.717) is 23.2 Å². The van der Waals surface area contributed by atoms with Crippen molar-refractivity contribution in [3.05, 3.63) is 59.3 Å². The van der Waals surface area contributed by atoms with Gasteiger partial charge in [0.25, 0.3) is 5.89 Å². The summed E-state index contributed by atoms with van der Waals surface area (Å²) in [5.74, 6) is 1.51.